The molecule has 0 saturated carbocycles. The van der Waals surface area contributed by atoms with Crippen LogP contribution in [0.25, 0.3) is 0 Å². The topological polar surface area (TPSA) is 52.6 Å². The molecule has 0 heterocycles. The van der Waals surface area contributed by atoms with E-state index in [0.717, 1.165) is 6.08 Å². The van der Waals surface area contributed by atoms with Crippen molar-refractivity contribution in [2.75, 3.05) is 13.2 Å². The van der Waals surface area contributed by atoms with Gasteiger partial charge >= 0.3 is 11.9 Å². The van der Waals surface area contributed by atoms with E-state index in [1.54, 1.807) is 6.92 Å². The van der Waals surface area contributed by atoms with Crippen LogP contribution >= 0.6 is 0 Å². The molecule has 0 fully saturated rings. The molecule has 0 aliphatic carbocycles. The molecule has 0 aliphatic rings. The lowest BCUT2D eigenvalue weighted by Crippen LogP contribution is -2.09. The minimum absolute atomic E-state index is 0.132. The Balaban J connectivity index is 4.15. The molecule has 4 nitrogen and oxygen atoms in total. The maximum absolute atomic E-state index is 11.1. The molecule has 78 valence electrons. The van der Waals surface area contributed by atoms with E-state index >= 15 is 0 Å². The molecule has 0 saturated heterocycles. The first-order chi connectivity index (χ1) is 6.61. The minimum atomic E-state index is -0.544. The fourth-order valence-electron chi connectivity index (χ4n) is 0.668. The van der Waals surface area contributed by atoms with Crippen molar-refractivity contribution in [2.45, 2.75) is 13.8 Å². The predicted octanol–water partition coefficient (Wildman–Crippen LogP) is 1.22. The Bertz CT molecular complexity index is 253. The van der Waals surface area contributed by atoms with Gasteiger partial charge in [0.15, 0.2) is 0 Å². The third-order valence-electron chi connectivity index (χ3n) is 1.28. The molecule has 0 aliphatic heterocycles. The van der Waals surface area contributed by atoms with Gasteiger partial charge in [0, 0.05) is 11.6 Å². The standard InChI is InChI=1S/C10H14O4/c1-4-6-14-10(12)8(3)7-9(11)13-5-2/h4,7H,1,5-6H2,2-3H3/b8-7+. The lowest BCUT2D eigenvalue weighted by atomic mass is 10.3. The smallest absolute Gasteiger partial charge is 0.334 e. The molecule has 0 aromatic heterocycles. The Morgan fingerprint density at radius 1 is 1.36 bits per heavy atom. The van der Waals surface area contributed by atoms with Crippen molar-refractivity contribution >= 4 is 11.9 Å². The van der Waals surface area contributed by atoms with E-state index < -0.39 is 11.9 Å². The maximum Gasteiger partial charge on any atom is 0.334 e. The summed E-state index contributed by atoms with van der Waals surface area (Å²) in [6.45, 7) is 6.99. The fraction of sp³-hybridized carbons (Fsp3) is 0.400. The second-order valence-corrected chi connectivity index (χ2v) is 2.47. The van der Waals surface area contributed by atoms with Gasteiger partial charge in [-0.1, -0.05) is 12.7 Å². The Kier molecular flexibility index (Phi) is 6.11. The summed E-state index contributed by atoms with van der Waals surface area (Å²) >= 11 is 0. The monoisotopic (exact) mass is 198 g/mol. The van der Waals surface area contributed by atoms with E-state index in [2.05, 4.69) is 11.3 Å². The van der Waals surface area contributed by atoms with E-state index in [0.29, 0.717) is 0 Å². The van der Waals surface area contributed by atoms with Crippen molar-refractivity contribution in [2.24, 2.45) is 0 Å². The zero-order valence-electron chi connectivity index (χ0n) is 8.41. The van der Waals surface area contributed by atoms with Gasteiger partial charge in [-0.15, -0.1) is 0 Å². The Morgan fingerprint density at radius 3 is 2.50 bits per heavy atom. The van der Waals surface area contributed by atoms with Crippen LogP contribution in [0.15, 0.2) is 24.3 Å². The normalized spacial score (nSPS) is 10.6. The highest BCUT2D eigenvalue weighted by molar-refractivity contribution is 5.95. The number of hydrogen-bond donors (Lipinski definition) is 0. The van der Waals surface area contributed by atoms with Crippen molar-refractivity contribution in [3.8, 4) is 0 Å². The third kappa shape index (κ3) is 5.13. The number of ether oxygens (including phenoxy) is 2. The van der Waals surface area contributed by atoms with Gasteiger partial charge in [-0.2, -0.15) is 0 Å². The van der Waals surface area contributed by atoms with Crippen molar-refractivity contribution in [3.05, 3.63) is 24.3 Å². The summed E-state index contributed by atoms with van der Waals surface area (Å²) in [5, 5.41) is 0. The number of carbonyl (C=O) groups excluding carboxylic acids is 2. The molecular weight excluding hydrogens is 184 g/mol. The number of esters is 2. The van der Waals surface area contributed by atoms with Gasteiger partial charge in [0.25, 0.3) is 0 Å². The molecule has 14 heavy (non-hydrogen) atoms. The molecule has 0 atom stereocenters. The highest BCUT2D eigenvalue weighted by Crippen LogP contribution is 1.97. The summed E-state index contributed by atoms with van der Waals surface area (Å²) < 4.78 is 9.32. The van der Waals surface area contributed by atoms with Crippen LogP contribution in [0.4, 0.5) is 0 Å². The van der Waals surface area contributed by atoms with Crippen molar-refractivity contribution in [1.29, 1.82) is 0 Å². The van der Waals surface area contributed by atoms with Crippen LogP contribution in [0.1, 0.15) is 13.8 Å². The van der Waals surface area contributed by atoms with Gasteiger partial charge in [0.1, 0.15) is 6.61 Å². The molecular formula is C10H14O4. The first-order valence-corrected chi connectivity index (χ1v) is 4.24. The Labute approximate surface area is 83.2 Å². The molecule has 4 heteroatoms. The van der Waals surface area contributed by atoms with Gasteiger partial charge < -0.3 is 9.47 Å². The van der Waals surface area contributed by atoms with Crippen LogP contribution in [0.5, 0.6) is 0 Å². The first-order valence-electron chi connectivity index (χ1n) is 4.24. The second-order valence-electron chi connectivity index (χ2n) is 2.47. The number of hydrogen-bond acceptors (Lipinski definition) is 4. The number of carbonyl (C=O) groups is 2. The Hall–Kier alpha value is -1.58. The van der Waals surface area contributed by atoms with Crippen molar-refractivity contribution in [1.82, 2.24) is 0 Å². The molecule has 0 spiro atoms. The lowest BCUT2D eigenvalue weighted by Gasteiger charge is -2.01. The zero-order chi connectivity index (χ0) is 11.0. The summed E-state index contributed by atoms with van der Waals surface area (Å²) in [7, 11) is 0. The summed E-state index contributed by atoms with van der Waals surface area (Å²) in [4.78, 5) is 22.0. The molecule has 0 bridgehead atoms. The Morgan fingerprint density at radius 2 is 2.00 bits per heavy atom. The third-order valence-corrected chi connectivity index (χ3v) is 1.28. The van der Waals surface area contributed by atoms with Crippen LogP contribution in [-0.4, -0.2) is 25.2 Å². The van der Waals surface area contributed by atoms with E-state index in [4.69, 9.17) is 4.74 Å². The van der Waals surface area contributed by atoms with Crippen LogP contribution in [0.2, 0.25) is 0 Å². The SMILES string of the molecule is C=CCOC(=O)/C(C)=C/C(=O)OCC. The summed E-state index contributed by atoms with van der Waals surface area (Å²) in [6, 6.07) is 0. The molecule has 0 aromatic carbocycles. The van der Waals surface area contributed by atoms with E-state index in [1.165, 1.54) is 13.0 Å². The average Bonchev–Trinajstić information content (AvgIpc) is 2.14. The van der Waals surface area contributed by atoms with Crippen molar-refractivity contribution in [3.63, 3.8) is 0 Å². The summed E-state index contributed by atoms with van der Waals surface area (Å²) in [5.74, 6) is -1.08. The molecule has 0 aromatic rings. The fourth-order valence-corrected chi connectivity index (χ4v) is 0.668. The van der Waals surface area contributed by atoms with Crippen LogP contribution in [-0.2, 0) is 19.1 Å². The van der Waals surface area contributed by atoms with Gasteiger partial charge in [-0.25, -0.2) is 9.59 Å². The van der Waals surface area contributed by atoms with E-state index in [1.807, 2.05) is 0 Å². The first kappa shape index (κ1) is 12.4. The molecule has 0 rings (SSSR count). The molecule has 0 unspecified atom stereocenters. The highest BCUT2D eigenvalue weighted by Gasteiger charge is 2.07. The van der Waals surface area contributed by atoms with E-state index in [-0.39, 0.29) is 18.8 Å². The van der Waals surface area contributed by atoms with Crippen molar-refractivity contribution < 1.29 is 19.1 Å². The summed E-state index contributed by atoms with van der Waals surface area (Å²) in [5.41, 5.74) is 0.213. The average molecular weight is 198 g/mol. The minimum Gasteiger partial charge on any atom is -0.463 e. The molecule has 0 N–H and O–H groups in total. The molecule has 0 radical (unpaired) electrons. The number of rotatable bonds is 5. The lowest BCUT2D eigenvalue weighted by molar-refractivity contribution is -0.140. The van der Waals surface area contributed by atoms with Gasteiger partial charge in [-0.3, -0.25) is 0 Å². The van der Waals surface area contributed by atoms with Crippen LogP contribution in [0, 0.1) is 0 Å². The maximum atomic E-state index is 11.1. The summed E-state index contributed by atoms with van der Waals surface area (Å²) in [6.07, 6.45) is 2.56. The van der Waals surface area contributed by atoms with Crippen LogP contribution in [0.3, 0.4) is 0 Å². The van der Waals surface area contributed by atoms with Gasteiger partial charge in [-0.05, 0) is 13.8 Å². The van der Waals surface area contributed by atoms with E-state index in [9.17, 15) is 9.59 Å². The largest absolute Gasteiger partial charge is 0.463 e. The predicted molar refractivity (Wildman–Crippen MR) is 51.5 cm³/mol. The highest BCUT2D eigenvalue weighted by atomic mass is 16.5. The van der Waals surface area contributed by atoms with Gasteiger partial charge in [0.2, 0.25) is 0 Å². The molecule has 0 amide bonds. The van der Waals surface area contributed by atoms with Crippen LogP contribution < -0.4 is 0 Å². The zero-order valence-corrected chi connectivity index (χ0v) is 8.41. The quantitative estimate of drug-likeness (QED) is 0.378. The second kappa shape index (κ2) is 6.88. The van der Waals surface area contributed by atoms with Gasteiger partial charge in [0.05, 0.1) is 6.61 Å².